The van der Waals surface area contributed by atoms with Gasteiger partial charge in [-0.05, 0) is 48.1 Å². The Hall–Kier alpha value is -2.32. The number of carbonyl (C=O) groups is 1. The van der Waals surface area contributed by atoms with Gasteiger partial charge in [0.05, 0.1) is 12.5 Å². The summed E-state index contributed by atoms with van der Waals surface area (Å²) in [5, 5.41) is 14.0. The van der Waals surface area contributed by atoms with E-state index in [0.717, 1.165) is 24.2 Å². The lowest BCUT2D eigenvalue weighted by Crippen LogP contribution is -2.43. The number of hydrogen-bond acceptors (Lipinski definition) is 4. The lowest BCUT2D eigenvalue weighted by Gasteiger charge is -2.30. The molecule has 2 aromatic rings. The summed E-state index contributed by atoms with van der Waals surface area (Å²) in [6.07, 6.45) is 1.36. The Morgan fingerprint density at radius 3 is 2.91 bits per heavy atom. The van der Waals surface area contributed by atoms with Crippen molar-refractivity contribution in [1.82, 2.24) is 4.90 Å². The maximum absolute atomic E-state index is 12.6. The molecule has 4 nitrogen and oxygen atoms in total. The minimum atomic E-state index is -0.267. The monoisotopic (exact) mass is 325 g/mol. The standard InChI is InChI=1S/C18H19N3OS/c1-13(20-16-4-2-14(3-5-16)6-9-19)18(22)21-10-7-17-15(12-21)8-11-23-17/h2-5,8,11,13,20H,6-7,10,12H2,1H3. The van der Waals surface area contributed by atoms with Gasteiger partial charge in [-0.15, -0.1) is 11.3 Å². The highest BCUT2D eigenvalue weighted by molar-refractivity contribution is 7.10. The smallest absolute Gasteiger partial charge is 0.245 e. The molecule has 1 aromatic heterocycles. The largest absolute Gasteiger partial charge is 0.374 e. The van der Waals surface area contributed by atoms with E-state index in [1.54, 1.807) is 11.3 Å². The molecule has 23 heavy (non-hydrogen) atoms. The molecule has 1 aliphatic rings. The van der Waals surface area contributed by atoms with Crippen LogP contribution in [-0.2, 0) is 24.2 Å². The zero-order valence-electron chi connectivity index (χ0n) is 13.1. The van der Waals surface area contributed by atoms with Crippen LogP contribution in [-0.4, -0.2) is 23.4 Å². The molecule has 1 amide bonds. The van der Waals surface area contributed by atoms with E-state index >= 15 is 0 Å². The average Bonchev–Trinajstić information content (AvgIpc) is 3.03. The third kappa shape index (κ3) is 3.54. The molecule has 0 bridgehead atoms. The summed E-state index contributed by atoms with van der Waals surface area (Å²) in [6.45, 7) is 3.40. The highest BCUT2D eigenvalue weighted by Gasteiger charge is 2.25. The second-order valence-electron chi connectivity index (χ2n) is 5.78. The maximum atomic E-state index is 12.6. The first kappa shape index (κ1) is 15.6. The van der Waals surface area contributed by atoms with Crippen LogP contribution in [0.25, 0.3) is 0 Å². The summed E-state index contributed by atoms with van der Waals surface area (Å²) < 4.78 is 0. The van der Waals surface area contributed by atoms with E-state index in [4.69, 9.17) is 5.26 Å². The Morgan fingerprint density at radius 1 is 1.39 bits per heavy atom. The number of nitrogens with one attached hydrogen (secondary N) is 1. The topological polar surface area (TPSA) is 56.1 Å². The predicted molar refractivity (Wildman–Crippen MR) is 92.3 cm³/mol. The Kier molecular flexibility index (Phi) is 4.63. The Bertz CT molecular complexity index is 729. The van der Waals surface area contributed by atoms with Gasteiger partial charge in [0.1, 0.15) is 6.04 Å². The molecular formula is C18H19N3OS. The van der Waals surface area contributed by atoms with Gasteiger partial charge < -0.3 is 10.2 Å². The van der Waals surface area contributed by atoms with Crippen molar-refractivity contribution in [3.8, 4) is 6.07 Å². The third-order valence-electron chi connectivity index (χ3n) is 4.11. The summed E-state index contributed by atoms with van der Waals surface area (Å²) in [5.41, 5.74) is 3.17. The fourth-order valence-electron chi connectivity index (χ4n) is 2.83. The van der Waals surface area contributed by atoms with Gasteiger partial charge in [0.15, 0.2) is 0 Å². The van der Waals surface area contributed by atoms with Gasteiger partial charge in [0, 0.05) is 23.7 Å². The van der Waals surface area contributed by atoms with Crippen molar-refractivity contribution < 1.29 is 4.79 Å². The number of nitrogens with zero attached hydrogens (tertiary/aromatic N) is 2. The van der Waals surface area contributed by atoms with E-state index in [2.05, 4.69) is 22.8 Å². The molecule has 1 atom stereocenters. The van der Waals surface area contributed by atoms with Crippen LogP contribution < -0.4 is 5.32 Å². The molecule has 0 saturated heterocycles. The fourth-order valence-corrected chi connectivity index (χ4v) is 3.72. The number of carbonyl (C=O) groups excluding carboxylic acids is 1. The molecule has 1 N–H and O–H groups in total. The van der Waals surface area contributed by atoms with Crippen LogP contribution in [0.15, 0.2) is 35.7 Å². The number of hydrogen-bond donors (Lipinski definition) is 1. The van der Waals surface area contributed by atoms with Crippen LogP contribution >= 0.6 is 11.3 Å². The second kappa shape index (κ2) is 6.84. The molecule has 1 aromatic carbocycles. The fraction of sp³-hybridized carbons (Fsp3) is 0.333. The maximum Gasteiger partial charge on any atom is 0.245 e. The number of anilines is 1. The number of thiophene rings is 1. The highest BCUT2D eigenvalue weighted by atomic mass is 32.1. The van der Waals surface area contributed by atoms with E-state index < -0.39 is 0 Å². The van der Waals surface area contributed by atoms with Crippen LogP contribution in [0.4, 0.5) is 5.69 Å². The Balaban J connectivity index is 1.61. The average molecular weight is 325 g/mol. The molecule has 1 unspecified atom stereocenters. The SMILES string of the molecule is CC(Nc1ccc(CC#N)cc1)C(=O)N1CCc2sccc2C1. The van der Waals surface area contributed by atoms with Gasteiger partial charge in [-0.25, -0.2) is 0 Å². The normalized spacial score (nSPS) is 14.7. The molecular weight excluding hydrogens is 306 g/mol. The zero-order chi connectivity index (χ0) is 16.2. The number of amides is 1. The van der Waals surface area contributed by atoms with Crippen LogP contribution in [0.3, 0.4) is 0 Å². The first-order valence-corrected chi connectivity index (χ1v) is 8.62. The molecule has 0 radical (unpaired) electrons. The first-order chi connectivity index (χ1) is 11.2. The van der Waals surface area contributed by atoms with E-state index in [0.29, 0.717) is 13.0 Å². The van der Waals surface area contributed by atoms with Crippen molar-refractivity contribution in [3.63, 3.8) is 0 Å². The van der Waals surface area contributed by atoms with E-state index in [1.807, 2.05) is 36.1 Å². The summed E-state index contributed by atoms with van der Waals surface area (Å²) in [4.78, 5) is 16.0. The van der Waals surface area contributed by atoms with Crippen molar-refractivity contribution in [3.05, 3.63) is 51.7 Å². The van der Waals surface area contributed by atoms with E-state index in [1.165, 1.54) is 10.4 Å². The summed E-state index contributed by atoms with van der Waals surface area (Å²) in [7, 11) is 0. The molecule has 1 aliphatic heterocycles. The van der Waals surface area contributed by atoms with Crippen molar-refractivity contribution in [1.29, 1.82) is 5.26 Å². The minimum absolute atomic E-state index is 0.128. The van der Waals surface area contributed by atoms with Crippen LogP contribution in [0.2, 0.25) is 0 Å². The minimum Gasteiger partial charge on any atom is -0.374 e. The molecule has 0 saturated carbocycles. The van der Waals surface area contributed by atoms with Crippen LogP contribution in [0.1, 0.15) is 22.9 Å². The number of fused-ring (bicyclic) bond motifs is 1. The lowest BCUT2D eigenvalue weighted by molar-refractivity contribution is -0.132. The number of benzene rings is 1. The Labute approximate surface area is 140 Å². The summed E-state index contributed by atoms with van der Waals surface area (Å²) in [6, 6.07) is 11.7. The quantitative estimate of drug-likeness (QED) is 0.939. The van der Waals surface area contributed by atoms with Crippen LogP contribution in [0.5, 0.6) is 0 Å². The van der Waals surface area contributed by atoms with Crippen molar-refractivity contribution in [2.75, 3.05) is 11.9 Å². The van der Waals surface area contributed by atoms with Gasteiger partial charge >= 0.3 is 0 Å². The first-order valence-electron chi connectivity index (χ1n) is 7.74. The predicted octanol–water partition coefficient (Wildman–Crippen LogP) is 3.20. The molecule has 3 rings (SSSR count). The van der Waals surface area contributed by atoms with Crippen molar-refractivity contribution in [2.24, 2.45) is 0 Å². The van der Waals surface area contributed by atoms with Crippen molar-refractivity contribution in [2.45, 2.75) is 32.4 Å². The number of rotatable bonds is 4. The zero-order valence-corrected chi connectivity index (χ0v) is 13.9. The van der Waals surface area contributed by atoms with Crippen molar-refractivity contribution >= 4 is 22.9 Å². The highest BCUT2D eigenvalue weighted by Crippen LogP contribution is 2.24. The molecule has 0 aliphatic carbocycles. The van der Waals surface area contributed by atoms with Gasteiger partial charge in [0.2, 0.25) is 5.91 Å². The van der Waals surface area contributed by atoms with Crippen LogP contribution in [0, 0.1) is 11.3 Å². The van der Waals surface area contributed by atoms with Gasteiger partial charge in [0.25, 0.3) is 0 Å². The lowest BCUT2D eigenvalue weighted by atomic mass is 10.1. The molecule has 0 spiro atoms. The van der Waals surface area contributed by atoms with Gasteiger partial charge in [-0.1, -0.05) is 12.1 Å². The second-order valence-corrected chi connectivity index (χ2v) is 6.78. The molecule has 2 heterocycles. The molecule has 5 heteroatoms. The number of nitriles is 1. The molecule has 0 fully saturated rings. The van der Waals surface area contributed by atoms with E-state index in [9.17, 15) is 4.79 Å². The summed E-state index contributed by atoms with van der Waals surface area (Å²) in [5.74, 6) is 0.128. The van der Waals surface area contributed by atoms with E-state index in [-0.39, 0.29) is 11.9 Å². The third-order valence-corrected chi connectivity index (χ3v) is 5.13. The molecule has 118 valence electrons. The Morgan fingerprint density at radius 2 is 2.17 bits per heavy atom. The van der Waals surface area contributed by atoms with Gasteiger partial charge in [-0.3, -0.25) is 4.79 Å². The van der Waals surface area contributed by atoms with Gasteiger partial charge in [-0.2, -0.15) is 5.26 Å². The summed E-state index contributed by atoms with van der Waals surface area (Å²) >= 11 is 1.78.